The molecule has 2 atom stereocenters. The lowest BCUT2D eigenvalue weighted by molar-refractivity contribution is -0.135. The molecule has 5 rings (SSSR count). The number of nitrogens with one attached hydrogen (secondary N) is 1. The first kappa shape index (κ1) is 34.3. The molecule has 17 heteroatoms. The van der Waals surface area contributed by atoms with Gasteiger partial charge >= 0.3 is 12.6 Å². The number of rotatable bonds is 10. The van der Waals surface area contributed by atoms with Gasteiger partial charge in [0.05, 0.1) is 22.9 Å². The van der Waals surface area contributed by atoms with Crippen LogP contribution in [0.15, 0.2) is 66.2 Å². The van der Waals surface area contributed by atoms with Crippen molar-refractivity contribution in [3.8, 4) is 16.8 Å². The van der Waals surface area contributed by atoms with Gasteiger partial charge in [0, 0.05) is 18.8 Å². The van der Waals surface area contributed by atoms with E-state index in [0.717, 1.165) is 11.0 Å². The Balaban J connectivity index is 1.59. The molecule has 0 spiro atoms. The molecule has 0 saturated carbocycles. The van der Waals surface area contributed by atoms with Gasteiger partial charge in [0.15, 0.2) is 17.3 Å². The Morgan fingerprint density at radius 1 is 1.08 bits per heavy atom. The molecule has 0 radical (unpaired) electrons. The second-order valence-corrected chi connectivity index (χ2v) is 12.6. The summed E-state index contributed by atoms with van der Waals surface area (Å²) in [5.74, 6) is -1.37. The van der Waals surface area contributed by atoms with Crippen molar-refractivity contribution in [1.82, 2.24) is 34.8 Å². The highest BCUT2D eigenvalue weighted by Gasteiger charge is 2.53. The number of hydrogen-bond donors (Lipinski definition) is 2. The van der Waals surface area contributed by atoms with E-state index < -0.39 is 54.4 Å². The third-order valence-corrected chi connectivity index (χ3v) is 7.97. The number of nitrogens with zero attached hydrogens (tertiary/aromatic N) is 7. The molecule has 0 aliphatic carbocycles. The van der Waals surface area contributed by atoms with Gasteiger partial charge in [0.25, 0.3) is 12.3 Å². The molecule has 0 unspecified atom stereocenters. The van der Waals surface area contributed by atoms with Crippen LogP contribution in [0.2, 0.25) is 5.02 Å². The Morgan fingerprint density at radius 2 is 1.79 bits per heavy atom. The normalized spacial score (nSPS) is 17.3. The van der Waals surface area contributed by atoms with E-state index in [0.29, 0.717) is 26.9 Å². The van der Waals surface area contributed by atoms with Gasteiger partial charge in [-0.3, -0.25) is 9.69 Å². The SMILES string of the molecule is CNC(=O)OC[C@H](c1ccc(Cl)c(-n2ncnc2C(F)F)c1)N1C(=O)[C@@](CC(C)(C)C)(c2ccc(-c3cnn(C(F)F)c3)cc2)N=C1N. The van der Waals surface area contributed by atoms with Crippen LogP contribution in [0.3, 0.4) is 0 Å². The molecule has 0 saturated heterocycles. The number of aliphatic imine (C=N–C) groups is 1. The number of carbonyl (C=O) groups excluding carboxylic acids is 2. The van der Waals surface area contributed by atoms with Crippen molar-refractivity contribution < 1.29 is 31.9 Å². The summed E-state index contributed by atoms with van der Waals surface area (Å²) in [6, 6.07) is 10.0. The minimum Gasteiger partial charge on any atom is -0.447 e. The molecule has 4 aromatic rings. The van der Waals surface area contributed by atoms with Crippen molar-refractivity contribution in [2.24, 2.45) is 16.1 Å². The molecule has 0 bridgehead atoms. The van der Waals surface area contributed by atoms with E-state index >= 15 is 0 Å². The van der Waals surface area contributed by atoms with Gasteiger partial charge in [-0.15, -0.1) is 0 Å². The molecule has 1 aliphatic rings. The van der Waals surface area contributed by atoms with Crippen LogP contribution in [0.4, 0.5) is 22.4 Å². The monoisotopic (exact) mass is 689 g/mol. The summed E-state index contributed by atoms with van der Waals surface area (Å²) in [4.78, 5) is 36.5. The van der Waals surface area contributed by atoms with Crippen LogP contribution in [0.1, 0.15) is 63.2 Å². The lowest BCUT2D eigenvalue weighted by Gasteiger charge is -2.35. The second kappa shape index (κ2) is 13.3. The number of alkyl carbamates (subject to hydrolysis) is 1. The van der Waals surface area contributed by atoms with E-state index in [2.05, 4.69) is 20.5 Å². The Morgan fingerprint density at radius 3 is 2.40 bits per heavy atom. The zero-order valence-corrected chi connectivity index (χ0v) is 27.0. The van der Waals surface area contributed by atoms with Crippen LogP contribution in [-0.2, 0) is 15.1 Å². The summed E-state index contributed by atoms with van der Waals surface area (Å²) in [6.07, 6.45) is -0.0746. The number of aromatic nitrogens is 5. The molecular formula is C31H32ClF4N9O3. The summed E-state index contributed by atoms with van der Waals surface area (Å²) in [5, 5.41) is 9.99. The summed E-state index contributed by atoms with van der Waals surface area (Å²) in [6.45, 7) is 2.59. The third-order valence-electron chi connectivity index (χ3n) is 7.65. The van der Waals surface area contributed by atoms with Crippen molar-refractivity contribution in [3.05, 3.63) is 83.2 Å². The molecule has 2 amide bonds. The second-order valence-electron chi connectivity index (χ2n) is 12.2. The maximum Gasteiger partial charge on any atom is 0.406 e. The zero-order valence-electron chi connectivity index (χ0n) is 26.2. The fourth-order valence-corrected chi connectivity index (χ4v) is 5.84. The molecule has 2 aromatic heterocycles. The average molecular weight is 690 g/mol. The van der Waals surface area contributed by atoms with Crippen LogP contribution in [-0.4, -0.2) is 61.1 Å². The Labute approximate surface area is 277 Å². The summed E-state index contributed by atoms with van der Waals surface area (Å²) < 4.78 is 60.5. The zero-order chi connectivity index (χ0) is 35.0. The van der Waals surface area contributed by atoms with Crippen LogP contribution in [0.25, 0.3) is 16.8 Å². The predicted molar refractivity (Wildman–Crippen MR) is 168 cm³/mol. The number of amides is 2. The number of alkyl halides is 4. The molecule has 2 aromatic carbocycles. The maximum absolute atomic E-state index is 14.7. The standard InChI is InChI=1S/C31H32ClF4N9O3/c1-30(2,3)15-31(20-8-5-17(6-9-20)19-12-40-43(13-19)27(35)36)26(46)44(28(37)42-31)23(14-48-29(47)38-4)18-7-10-21(32)22(11-18)45-25(24(33)34)39-16-41-45/h5-13,16,23-24,27H,14-15H2,1-4H3,(H2,37,42)(H,38,47)/t23-,31-/m1/s1. The first-order valence-corrected chi connectivity index (χ1v) is 15.0. The minimum atomic E-state index is -2.97. The highest BCUT2D eigenvalue weighted by molar-refractivity contribution is 6.32. The van der Waals surface area contributed by atoms with E-state index in [9.17, 15) is 27.2 Å². The Bertz CT molecular complexity index is 1840. The van der Waals surface area contributed by atoms with E-state index in [1.165, 1.54) is 36.5 Å². The van der Waals surface area contributed by atoms with E-state index in [-0.39, 0.29) is 23.1 Å². The summed E-state index contributed by atoms with van der Waals surface area (Å²) >= 11 is 6.41. The number of ether oxygens (including phenoxy) is 1. The quantitative estimate of drug-likeness (QED) is 0.194. The number of benzene rings is 2. The first-order chi connectivity index (χ1) is 22.6. The molecule has 254 valence electrons. The van der Waals surface area contributed by atoms with Gasteiger partial charge < -0.3 is 15.8 Å². The van der Waals surface area contributed by atoms with Crippen molar-refractivity contribution in [1.29, 1.82) is 0 Å². The van der Waals surface area contributed by atoms with Gasteiger partial charge in [0.1, 0.15) is 12.9 Å². The molecule has 12 nitrogen and oxygen atoms in total. The average Bonchev–Trinajstić information content (AvgIpc) is 3.77. The van der Waals surface area contributed by atoms with E-state index in [1.807, 2.05) is 20.8 Å². The topological polar surface area (TPSA) is 146 Å². The van der Waals surface area contributed by atoms with Crippen LogP contribution in [0, 0.1) is 5.41 Å². The highest BCUT2D eigenvalue weighted by Crippen LogP contribution is 2.45. The van der Waals surface area contributed by atoms with Crippen molar-refractivity contribution in [3.63, 3.8) is 0 Å². The van der Waals surface area contributed by atoms with Crippen molar-refractivity contribution in [2.45, 2.75) is 51.7 Å². The predicted octanol–water partition coefficient (Wildman–Crippen LogP) is 6.00. The van der Waals surface area contributed by atoms with Gasteiger partial charge in [-0.1, -0.05) is 62.7 Å². The lowest BCUT2D eigenvalue weighted by atomic mass is 9.75. The largest absolute Gasteiger partial charge is 0.447 e. The van der Waals surface area contributed by atoms with Gasteiger partial charge in [0.2, 0.25) is 0 Å². The van der Waals surface area contributed by atoms with Crippen LogP contribution >= 0.6 is 11.6 Å². The van der Waals surface area contributed by atoms with E-state index in [4.69, 9.17) is 27.1 Å². The van der Waals surface area contributed by atoms with E-state index in [1.54, 1.807) is 30.3 Å². The van der Waals surface area contributed by atoms with Crippen molar-refractivity contribution in [2.75, 3.05) is 13.7 Å². The highest BCUT2D eigenvalue weighted by atomic mass is 35.5. The molecule has 3 N–H and O–H groups in total. The number of nitrogens with two attached hydrogens (primary N) is 1. The number of carbonyl (C=O) groups is 2. The molecule has 1 aliphatic heterocycles. The maximum atomic E-state index is 14.7. The number of hydrogen-bond acceptors (Lipinski definition) is 8. The van der Waals surface area contributed by atoms with Crippen LogP contribution in [0.5, 0.6) is 0 Å². The summed E-state index contributed by atoms with van der Waals surface area (Å²) in [7, 11) is 1.36. The smallest absolute Gasteiger partial charge is 0.406 e. The lowest BCUT2D eigenvalue weighted by Crippen LogP contribution is -2.47. The molecule has 0 fully saturated rings. The molecule has 3 heterocycles. The fraction of sp³-hybridized carbons (Fsp3) is 0.355. The number of halogens is 5. The fourth-order valence-electron chi connectivity index (χ4n) is 5.64. The number of guanidine groups is 1. The summed E-state index contributed by atoms with van der Waals surface area (Å²) in [5.41, 5.74) is 6.38. The van der Waals surface area contributed by atoms with Gasteiger partial charge in [-0.05, 0) is 40.7 Å². The minimum absolute atomic E-state index is 0.0424. The van der Waals surface area contributed by atoms with Gasteiger partial charge in [-0.2, -0.15) is 19.0 Å². The first-order valence-electron chi connectivity index (χ1n) is 14.6. The third kappa shape index (κ3) is 6.70. The van der Waals surface area contributed by atoms with Crippen LogP contribution < -0.4 is 11.1 Å². The Hall–Kier alpha value is -4.99. The molecular weight excluding hydrogens is 658 g/mol. The van der Waals surface area contributed by atoms with Gasteiger partial charge in [-0.25, -0.2) is 32.9 Å². The molecule has 48 heavy (non-hydrogen) atoms. The Kier molecular flexibility index (Phi) is 9.48. The van der Waals surface area contributed by atoms with Crippen molar-refractivity contribution >= 4 is 29.6 Å².